The van der Waals surface area contributed by atoms with E-state index in [1.54, 1.807) is 60.6 Å². The first-order valence-corrected chi connectivity index (χ1v) is 15.1. The Bertz CT molecular complexity index is 1740. The number of hydrogen-bond acceptors (Lipinski definition) is 7. The Morgan fingerprint density at radius 1 is 1.07 bits per heavy atom. The Balaban J connectivity index is 1.22. The predicted octanol–water partition coefficient (Wildman–Crippen LogP) is 6.20. The fourth-order valence-corrected chi connectivity index (χ4v) is 6.14. The van der Waals surface area contributed by atoms with Crippen molar-refractivity contribution >= 4 is 46.5 Å². The zero-order valence-corrected chi connectivity index (χ0v) is 25.9. The molecule has 2 aliphatic rings. The van der Waals surface area contributed by atoms with E-state index in [1.165, 1.54) is 23.1 Å². The zero-order chi connectivity index (χ0) is 31.8. The van der Waals surface area contributed by atoms with Crippen LogP contribution in [0, 0.1) is 17.0 Å². The van der Waals surface area contributed by atoms with Gasteiger partial charge in [-0.25, -0.2) is 18.7 Å². The highest BCUT2D eigenvalue weighted by Crippen LogP contribution is 2.42. The quantitative estimate of drug-likeness (QED) is 0.182. The number of para-hydroxylation sites is 1. The number of benzene rings is 3. The van der Waals surface area contributed by atoms with Gasteiger partial charge in [-0.15, -0.1) is 0 Å². The van der Waals surface area contributed by atoms with Crippen molar-refractivity contribution in [2.75, 3.05) is 36.9 Å². The van der Waals surface area contributed by atoms with Crippen molar-refractivity contribution in [3.63, 3.8) is 0 Å². The van der Waals surface area contributed by atoms with Crippen molar-refractivity contribution in [3.8, 4) is 11.3 Å². The van der Waals surface area contributed by atoms with Crippen molar-refractivity contribution in [2.24, 2.45) is 0 Å². The maximum absolute atomic E-state index is 14.9. The maximum Gasteiger partial charge on any atom is 0.260 e. The largest absolute Gasteiger partial charge is 0.340 e. The van der Waals surface area contributed by atoms with Crippen LogP contribution in [-0.2, 0) is 6.42 Å². The van der Waals surface area contributed by atoms with Crippen LogP contribution in [0.15, 0.2) is 66.9 Å². The highest BCUT2D eigenvalue weighted by molar-refractivity contribution is 6.31. The van der Waals surface area contributed by atoms with Crippen molar-refractivity contribution in [2.45, 2.75) is 32.4 Å². The molecule has 2 aliphatic heterocycles. The van der Waals surface area contributed by atoms with Gasteiger partial charge in [0.25, 0.3) is 5.91 Å². The summed E-state index contributed by atoms with van der Waals surface area (Å²) in [7, 11) is 1.62. The van der Waals surface area contributed by atoms with E-state index in [4.69, 9.17) is 22.0 Å². The number of carbonyl (C=O) groups is 1. The number of guanidine groups is 1. The van der Waals surface area contributed by atoms with Crippen LogP contribution in [0.3, 0.4) is 0 Å². The number of halogens is 3. The predicted molar refractivity (Wildman–Crippen MR) is 173 cm³/mol. The van der Waals surface area contributed by atoms with Crippen LogP contribution >= 0.6 is 11.6 Å². The number of nitrogens with zero attached hydrogens (tertiary/aromatic N) is 5. The number of rotatable bonds is 4. The summed E-state index contributed by atoms with van der Waals surface area (Å²) in [6.07, 6.45) is 2.15. The van der Waals surface area contributed by atoms with E-state index < -0.39 is 11.6 Å². The van der Waals surface area contributed by atoms with E-state index in [0.29, 0.717) is 65.2 Å². The van der Waals surface area contributed by atoms with Crippen LogP contribution in [-0.4, -0.2) is 70.4 Å². The monoisotopic (exact) mass is 630 g/mol. The molecule has 4 aromatic rings. The molecule has 1 amide bonds. The van der Waals surface area contributed by atoms with Crippen LogP contribution in [0.5, 0.6) is 0 Å². The first kappa shape index (κ1) is 30.4. The van der Waals surface area contributed by atoms with E-state index in [2.05, 4.69) is 29.5 Å². The normalized spacial score (nSPS) is 17.6. The van der Waals surface area contributed by atoms with Gasteiger partial charge in [-0.1, -0.05) is 17.7 Å². The number of piperazine rings is 1. The molecule has 3 aromatic carbocycles. The molecule has 2 atom stereocenters. The molecule has 0 saturated carbocycles. The molecular formula is C33H33ClF2N8O. The molecule has 6 rings (SSSR count). The van der Waals surface area contributed by atoms with Gasteiger partial charge in [0.15, 0.2) is 0 Å². The van der Waals surface area contributed by atoms with Crippen molar-refractivity contribution in [3.05, 3.63) is 94.6 Å². The van der Waals surface area contributed by atoms with Gasteiger partial charge in [0.1, 0.15) is 17.3 Å². The highest BCUT2D eigenvalue weighted by Gasteiger charge is 2.28. The SMILES string of the molecule is CC1CN(C(=N)N(C)C(=O)c2ccc(Nc3ncc4c(n3)-c3ccc(Cl)cc3N(c3c(F)cccc3F)CC4)cc2)CC(C)N1. The lowest BCUT2D eigenvalue weighted by Gasteiger charge is -2.39. The number of hydrogen-bond donors (Lipinski definition) is 3. The Hall–Kier alpha value is -4.61. The molecule has 12 heteroatoms. The number of anilines is 4. The first-order valence-electron chi connectivity index (χ1n) is 14.7. The molecular weight excluding hydrogens is 598 g/mol. The van der Waals surface area contributed by atoms with Gasteiger partial charge in [0.2, 0.25) is 11.9 Å². The Labute approximate surface area is 265 Å². The Morgan fingerprint density at radius 2 is 1.76 bits per heavy atom. The number of nitrogens with one attached hydrogen (secondary N) is 3. The lowest BCUT2D eigenvalue weighted by molar-refractivity contribution is 0.0848. The molecule has 9 nitrogen and oxygen atoms in total. The van der Waals surface area contributed by atoms with Crippen molar-refractivity contribution < 1.29 is 13.6 Å². The smallest absolute Gasteiger partial charge is 0.260 e. The Morgan fingerprint density at radius 3 is 2.44 bits per heavy atom. The number of carbonyl (C=O) groups excluding carboxylic acids is 1. The highest BCUT2D eigenvalue weighted by atomic mass is 35.5. The fourth-order valence-electron chi connectivity index (χ4n) is 5.97. The van der Waals surface area contributed by atoms with Gasteiger partial charge in [-0.2, -0.15) is 0 Å². The van der Waals surface area contributed by atoms with Crippen molar-refractivity contribution in [1.29, 1.82) is 5.41 Å². The summed E-state index contributed by atoms with van der Waals surface area (Å²) in [5.74, 6) is -1.13. The van der Waals surface area contributed by atoms with Gasteiger partial charge >= 0.3 is 0 Å². The third kappa shape index (κ3) is 6.18. The van der Waals surface area contributed by atoms with Gasteiger partial charge < -0.3 is 20.4 Å². The van der Waals surface area contributed by atoms with Gasteiger partial charge in [0, 0.05) is 66.8 Å². The molecule has 3 heterocycles. The van der Waals surface area contributed by atoms with Crippen LogP contribution in [0.2, 0.25) is 5.02 Å². The standard InChI is InChI=1S/C33H33ClF2N8O/c1-19-17-43(18-20(2)39-19)32(37)42(3)31(45)21-7-10-24(11-8-21)40-33-38-16-22-13-14-44(30-26(35)5-4-6-27(30)36)28-15-23(34)9-12-25(28)29(22)41-33/h4-12,15-16,19-20,37,39H,13-14,17-18H2,1-3H3,(H,38,40,41). The summed E-state index contributed by atoms with van der Waals surface area (Å²) < 4.78 is 29.8. The summed E-state index contributed by atoms with van der Waals surface area (Å²) >= 11 is 6.35. The third-order valence-electron chi connectivity index (χ3n) is 8.05. The third-order valence-corrected chi connectivity index (χ3v) is 8.28. The second-order valence-electron chi connectivity index (χ2n) is 11.5. The van der Waals surface area contributed by atoms with Gasteiger partial charge in [0.05, 0.1) is 11.4 Å². The fraction of sp³-hybridized carbons (Fsp3) is 0.273. The molecule has 232 valence electrons. The molecule has 45 heavy (non-hydrogen) atoms. The zero-order valence-electron chi connectivity index (χ0n) is 25.1. The second-order valence-corrected chi connectivity index (χ2v) is 11.9. The van der Waals surface area contributed by atoms with Gasteiger partial charge in [-0.05, 0) is 80.4 Å². The molecule has 0 radical (unpaired) electrons. The lowest BCUT2D eigenvalue weighted by atomic mass is 10.0. The molecule has 3 N–H and O–H groups in total. The number of aromatic nitrogens is 2. The minimum atomic E-state index is -0.668. The molecule has 0 aliphatic carbocycles. The summed E-state index contributed by atoms with van der Waals surface area (Å²) in [6.45, 7) is 5.73. The van der Waals surface area contributed by atoms with E-state index in [0.717, 1.165) is 5.56 Å². The van der Waals surface area contributed by atoms with E-state index >= 15 is 0 Å². The minimum absolute atomic E-state index is 0.146. The second kappa shape index (κ2) is 12.4. The van der Waals surface area contributed by atoms with Crippen molar-refractivity contribution in [1.82, 2.24) is 25.1 Å². The number of fused-ring (bicyclic) bond motifs is 3. The molecule has 0 bridgehead atoms. The molecule has 1 saturated heterocycles. The van der Waals surface area contributed by atoms with Crippen LogP contribution < -0.4 is 15.5 Å². The summed E-state index contributed by atoms with van der Waals surface area (Å²) in [6, 6.07) is 16.3. The summed E-state index contributed by atoms with van der Waals surface area (Å²) in [5.41, 5.74) is 3.61. The molecule has 1 aromatic heterocycles. The molecule has 0 spiro atoms. The van der Waals surface area contributed by atoms with Crippen LogP contribution in [0.4, 0.5) is 31.8 Å². The minimum Gasteiger partial charge on any atom is -0.340 e. The summed E-state index contributed by atoms with van der Waals surface area (Å²) in [5, 5.41) is 15.7. The maximum atomic E-state index is 14.9. The van der Waals surface area contributed by atoms with E-state index in [-0.39, 0.29) is 29.6 Å². The van der Waals surface area contributed by atoms with E-state index in [9.17, 15) is 13.6 Å². The molecule has 2 unspecified atom stereocenters. The van der Waals surface area contributed by atoms with Gasteiger partial charge in [-0.3, -0.25) is 15.1 Å². The van der Waals surface area contributed by atoms with Crippen LogP contribution in [0.25, 0.3) is 11.3 Å². The average Bonchev–Trinajstić information content (AvgIpc) is 3.16. The summed E-state index contributed by atoms with van der Waals surface area (Å²) in [4.78, 5) is 27.4. The Kier molecular flexibility index (Phi) is 8.39. The number of amides is 1. The average molecular weight is 631 g/mol. The van der Waals surface area contributed by atoms with E-state index in [1.807, 2.05) is 4.90 Å². The molecule has 1 fully saturated rings. The lowest BCUT2D eigenvalue weighted by Crippen LogP contribution is -2.58. The first-order chi connectivity index (χ1) is 21.6. The topological polar surface area (TPSA) is 100 Å². The van der Waals surface area contributed by atoms with Crippen LogP contribution in [0.1, 0.15) is 29.8 Å².